The molecule has 1 fully saturated rings. The molecular weight excluding hydrogens is 140 g/mol. The van der Waals surface area contributed by atoms with Crippen molar-refractivity contribution in [1.29, 1.82) is 0 Å². The van der Waals surface area contributed by atoms with Gasteiger partial charge in [-0.3, -0.25) is 0 Å². The van der Waals surface area contributed by atoms with E-state index in [9.17, 15) is 0 Å². The molecule has 0 radical (unpaired) electrons. The SMILES string of the molecule is CO[C@H](C)C[C@H]1CNCCN1. The zero-order valence-corrected chi connectivity index (χ0v) is 7.39. The molecule has 0 saturated carbocycles. The Bertz CT molecular complexity index is 102. The Kier molecular flexibility index (Phi) is 3.83. The highest BCUT2D eigenvalue weighted by molar-refractivity contribution is 4.76. The second kappa shape index (κ2) is 4.70. The fourth-order valence-electron chi connectivity index (χ4n) is 1.38. The Morgan fingerprint density at radius 3 is 2.91 bits per heavy atom. The van der Waals surface area contributed by atoms with E-state index in [1.165, 1.54) is 0 Å². The minimum absolute atomic E-state index is 0.368. The molecule has 2 N–H and O–H groups in total. The number of hydrogen-bond donors (Lipinski definition) is 2. The van der Waals surface area contributed by atoms with Gasteiger partial charge in [-0.25, -0.2) is 0 Å². The topological polar surface area (TPSA) is 33.3 Å². The van der Waals surface area contributed by atoms with Crippen LogP contribution in [0.25, 0.3) is 0 Å². The Morgan fingerprint density at radius 1 is 1.55 bits per heavy atom. The number of rotatable bonds is 3. The summed E-state index contributed by atoms with van der Waals surface area (Å²) in [6, 6.07) is 0.596. The minimum Gasteiger partial charge on any atom is -0.382 e. The molecular formula is C8H18N2O. The van der Waals surface area contributed by atoms with Crippen molar-refractivity contribution >= 4 is 0 Å². The van der Waals surface area contributed by atoms with E-state index in [0.717, 1.165) is 26.1 Å². The van der Waals surface area contributed by atoms with Gasteiger partial charge in [0, 0.05) is 32.8 Å². The normalized spacial score (nSPS) is 28.4. The quantitative estimate of drug-likeness (QED) is 0.605. The van der Waals surface area contributed by atoms with Gasteiger partial charge in [-0.2, -0.15) is 0 Å². The molecule has 0 spiro atoms. The van der Waals surface area contributed by atoms with Gasteiger partial charge < -0.3 is 15.4 Å². The van der Waals surface area contributed by atoms with Crippen LogP contribution < -0.4 is 10.6 Å². The van der Waals surface area contributed by atoms with Crippen LogP contribution in [0.5, 0.6) is 0 Å². The van der Waals surface area contributed by atoms with E-state index in [1.54, 1.807) is 7.11 Å². The Balaban J connectivity index is 2.13. The summed E-state index contributed by atoms with van der Waals surface area (Å²) in [7, 11) is 1.76. The number of methoxy groups -OCH3 is 1. The molecule has 0 amide bonds. The van der Waals surface area contributed by atoms with E-state index in [4.69, 9.17) is 4.74 Å². The minimum atomic E-state index is 0.368. The Morgan fingerprint density at radius 2 is 2.36 bits per heavy atom. The van der Waals surface area contributed by atoms with Gasteiger partial charge >= 0.3 is 0 Å². The molecule has 0 bridgehead atoms. The van der Waals surface area contributed by atoms with Gasteiger partial charge in [0.05, 0.1) is 6.10 Å². The van der Waals surface area contributed by atoms with Crippen molar-refractivity contribution in [2.24, 2.45) is 0 Å². The maximum absolute atomic E-state index is 5.19. The van der Waals surface area contributed by atoms with Crippen molar-refractivity contribution < 1.29 is 4.74 Å². The van der Waals surface area contributed by atoms with Crippen molar-refractivity contribution in [2.45, 2.75) is 25.5 Å². The van der Waals surface area contributed by atoms with Gasteiger partial charge in [0.2, 0.25) is 0 Å². The molecule has 11 heavy (non-hydrogen) atoms. The first-order valence-electron chi connectivity index (χ1n) is 4.30. The lowest BCUT2D eigenvalue weighted by Gasteiger charge is -2.26. The summed E-state index contributed by atoms with van der Waals surface area (Å²) < 4.78 is 5.19. The molecule has 0 aromatic carbocycles. The van der Waals surface area contributed by atoms with Gasteiger partial charge in [0.25, 0.3) is 0 Å². The van der Waals surface area contributed by atoms with Crippen molar-refractivity contribution in [3.8, 4) is 0 Å². The number of ether oxygens (including phenoxy) is 1. The van der Waals surface area contributed by atoms with Crippen molar-refractivity contribution in [3.05, 3.63) is 0 Å². The van der Waals surface area contributed by atoms with Gasteiger partial charge in [0.15, 0.2) is 0 Å². The molecule has 0 aromatic rings. The van der Waals surface area contributed by atoms with Crippen molar-refractivity contribution in [1.82, 2.24) is 10.6 Å². The van der Waals surface area contributed by atoms with Crippen LogP contribution in [0.1, 0.15) is 13.3 Å². The van der Waals surface area contributed by atoms with E-state index in [-0.39, 0.29) is 0 Å². The molecule has 0 aromatic heterocycles. The maximum Gasteiger partial charge on any atom is 0.0558 e. The van der Waals surface area contributed by atoms with Gasteiger partial charge in [-0.15, -0.1) is 0 Å². The predicted molar refractivity (Wildman–Crippen MR) is 45.7 cm³/mol. The standard InChI is InChI=1S/C8H18N2O/c1-7(11-2)5-8-6-9-3-4-10-8/h7-10H,3-6H2,1-2H3/t7-,8+/m1/s1. The van der Waals surface area contributed by atoms with E-state index >= 15 is 0 Å². The van der Waals surface area contributed by atoms with Crippen LogP contribution in [0, 0.1) is 0 Å². The summed E-state index contributed by atoms with van der Waals surface area (Å²) in [6.07, 6.45) is 1.47. The maximum atomic E-state index is 5.19. The third-order valence-electron chi connectivity index (χ3n) is 2.14. The monoisotopic (exact) mass is 158 g/mol. The van der Waals surface area contributed by atoms with Crippen LogP contribution in [0.15, 0.2) is 0 Å². The summed E-state index contributed by atoms with van der Waals surface area (Å²) in [6.45, 7) is 5.36. The highest BCUT2D eigenvalue weighted by atomic mass is 16.5. The van der Waals surface area contributed by atoms with Crippen LogP contribution in [0.3, 0.4) is 0 Å². The zero-order chi connectivity index (χ0) is 8.10. The molecule has 1 aliphatic rings. The van der Waals surface area contributed by atoms with Crippen LogP contribution in [-0.2, 0) is 4.74 Å². The summed E-state index contributed by atoms with van der Waals surface area (Å²) >= 11 is 0. The Labute approximate surface area is 68.5 Å². The van der Waals surface area contributed by atoms with Crippen LogP contribution in [0.2, 0.25) is 0 Å². The second-order valence-electron chi connectivity index (χ2n) is 3.14. The fourth-order valence-corrected chi connectivity index (χ4v) is 1.38. The average Bonchev–Trinajstić information content (AvgIpc) is 2.06. The highest BCUT2D eigenvalue weighted by Gasteiger charge is 2.14. The molecule has 3 nitrogen and oxygen atoms in total. The summed E-state index contributed by atoms with van der Waals surface area (Å²) in [5, 5.41) is 6.79. The van der Waals surface area contributed by atoms with E-state index in [2.05, 4.69) is 17.6 Å². The average molecular weight is 158 g/mol. The van der Waals surface area contributed by atoms with Crippen molar-refractivity contribution in [3.63, 3.8) is 0 Å². The largest absolute Gasteiger partial charge is 0.382 e. The number of hydrogen-bond acceptors (Lipinski definition) is 3. The predicted octanol–water partition coefficient (Wildman–Crippen LogP) is -0.0272. The smallest absolute Gasteiger partial charge is 0.0558 e. The lowest BCUT2D eigenvalue weighted by molar-refractivity contribution is 0.0984. The number of piperazine rings is 1. The zero-order valence-electron chi connectivity index (χ0n) is 7.39. The molecule has 2 atom stereocenters. The first kappa shape index (κ1) is 8.97. The second-order valence-corrected chi connectivity index (χ2v) is 3.14. The van der Waals surface area contributed by atoms with Gasteiger partial charge in [-0.05, 0) is 13.3 Å². The molecule has 1 heterocycles. The summed E-state index contributed by atoms with van der Waals surface area (Å²) in [5.74, 6) is 0. The summed E-state index contributed by atoms with van der Waals surface area (Å²) in [5.41, 5.74) is 0. The van der Waals surface area contributed by atoms with E-state index in [1.807, 2.05) is 0 Å². The summed E-state index contributed by atoms with van der Waals surface area (Å²) in [4.78, 5) is 0. The fraction of sp³-hybridized carbons (Fsp3) is 1.00. The van der Waals surface area contributed by atoms with E-state index in [0.29, 0.717) is 12.1 Å². The third-order valence-corrected chi connectivity index (χ3v) is 2.14. The molecule has 0 unspecified atom stereocenters. The molecule has 1 saturated heterocycles. The molecule has 3 heteroatoms. The van der Waals surface area contributed by atoms with Crippen LogP contribution in [-0.4, -0.2) is 38.9 Å². The Hall–Kier alpha value is -0.120. The molecule has 1 rings (SSSR count). The molecule has 66 valence electrons. The van der Waals surface area contributed by atoms with Gasteiger partial charge in [-0.1, -0.05) is 0 Å². The molecule has 1 aliphatic heterocycles. The lowest BCUT2D eigenvalue weighted by Crippen LogP contribution is -2.49. The first-order chi connectivity index (χ1) is 5.33. The van der Waals surface area contributed by atoms with Crippen molar-refractivity contribution in [2.75, 3.05) is 26.7 Å². The van der Waals surface area contributed by atoms with Gasteiger partial charge in [0.1, 0.15) is 0 Å². The number of nitrogens with one attached hydrogen (secondary N) is 2. The highest BCUT2D eigenvalue weighted by Crippen LogP contribution is 2.01. The first-order valence-corrected chi connectivity index (χ1v) is 4.30. The van der Waals surface area contributed by atoms with Crippen LogP contribution >= 0.6 is 0 Å². The van der Waals surface area contributed by atoms with E-state index < -0.39 is 0 Å². The molecule has 0 aliphatic carbocycles. The lowest BCUT2D eigenvalue weighted by atomic mass is 10.1. The third kappa shape index (κ3) is 3.18. The van der Waals surface area contributed by atoms with Crippen LogP contribution in [0.4, 0.5) is 0 Å².